The number of hydrogen-bond donors (Lipinski definition) is 4. The molecule has 0 fully saturated rings. The van der Waals surface area contributed by atoms with Gasteiger partial charge in [0.2, 0.25) is 5.91 Å². The van der Waals surface area contributed by atoms with Crippen molar-refractivity contribution >= 4 is 17.8 Å². The predicted molar refractivity (Wildman–Crippen MR) is 86.7 cm³/mol. The molecule has 0 saturated heterocycles. The maximum Gasteiger partial charge on any atom is 0.326 e. The zero-order chi connectivity index (χ0) is 17.0. The van der Waals surface area contributed by atoms with Crippen molar-refractivity contribution in [2.24, 2.45) is 5.73 Å². The number of hydrogen-bond acceptors (Lipinski definition) is 3. The van der Waals surface area contributed by atoms with E-state index in [4.69, 9.17) is 11.1 Å². The van der Waals surface area contributed by atoms with E-state index in [0.29, 0.717) is 32.4 Å². The van der Waals surface area contributed by atoms with Gasteiger partial charge in [0, 0.05) is 19.5 Å². The number of aliphatic carboxylic acids is 1. The van der Waals surface area contributed by atoms with Gasteiger partial charge in [-0.25, -0.2) is 4.79 Å². The number of rotatable bonds is 12. The third kappa shape index (κ3) is 8.49. The van der Waals surface area contributed by atoms with E-state index >= 15 is 0 Å². The monoisotopic (exact) mass is 314 g/mol. The van der Waals surface area contributed by atoms with Gasteiger partial charge < -0.3 is 21.1 Å². The summed E-state index contributed by atoms with van der Waals surface area (Å²) < 4.78 is 0. The lowest BCUT2D eigenvalue weighted by Gasteiger charge is -2.29. The van der Waals surface area contributed by atoms with Gasteiger partial charge in [-0.3, -0.25) is 10.2 Å². The van der Waals surface area contributed by atoms with E-state index in [2.05, 4.69) is 12.2 Å². The highest BCUT2D eigenvalue weighted by Gasteiger charge is 2.28. The van der Waals surface area contributed by atoms with Gasteiger partial charge >= 0.3 is 5.97 Å². The van der Waals surface area contributed by atoms with Crippen LogP contribution in [0, 0.1) is 5.41 Å². The van der Waals surface area contributed by atoms with Crippen LogP contribution in [-0.2, 0) is 9.59 Å². The first kappa shape index (κ1) is 20.2. The Labute approximate surface area is 132 Å². The molecular formula is C15H30N4O3. The Kier molecular flexibility index (Phi) is 10.9. The zero-order valence-electron chi connectivity index (χ0n) is 13.7. The van der Waals surface area contributed by atoms with Crippen LogP contribution < -0.4 is 11.1 Å². The van der Waals surface area contributed by atoms with Crippen molar-refractivity contribution in [3.63, 3.8) is 0 Å². The Morgan fingerprint density at radius 2 is 1.91 bits per heavy atom. The number of carbonyl (C=O) groups is 2. The van der Waals surface area contributed by atoms with Crippen LogP contribution >= 0.6 is 0 Å². The first-order valence-electron chi connectivity index (χ1n) is 8.04. The molecule has 0 aromatic carbocycles. The highest BCUT2D eigenvalue weighted by molar-refractivity contribution is 5.83. The van der Waals surface area contributed by atoms with Crippen molar-refractivity contribution in [1.82, 2.24) is 10.2 Å². The summed E-state index contributed by atoms with van der Waals surface area (Å²) in [5.74, 6) is -1.18. The van der Waals surface area contributed by atoms with Gasteiger partial charge in [0.1, 0.15) is 6.04 Å². The smallest absolute Gasteiger partial charge is 0.326 e. The number of carboxylic acids is 1. The maximum absolute atomic E-state index is 12.3. The molecule has 0 spiro atoms. The highest BCUT2D eigenvalue weighted by atomic mass is 16.4. The third-order valence-electron chi connectivity index (χ3n) is 3.41. The number of unbranched alkanes of at least 4 members (excludes halogenated alkanes) is 2. The van der Waals surface area contributed by atoms with Gasteiger partial charge in [-0.15, -0.1) is 0 Å². The van der Waals surface area contributed by atoms with E-state index in [1.54, 1.807) is 0 Å². The molecule has 0 aromatic rings. The maximum atomic E-state index is 12.3. The second kappa shape index (κ2) is 11.8. The molecular weight excluding hydrogens is 284 g/mol. The molecule has 0 aromatic heterocycles. The molecule has 0 aliphatic carbocycles. The molecule has 0 aliphatic rings. The van der Waals surface area contributed by atoms with Gasteiger partial charge in [0.05, 0.1) is 0 Å². The van der Waals surface area contributed by atoms with Crippen LogP contribution in [0.25, 0.3) is 0 Å². The molecule has 0 aliphatic heterocycles. The molecule has 0 heterocycles. The molecule has 5 N–H and O–H groups in total. The van der Waals surface area contributed by atoms with Crippen molar-refractivity contribution in [2.45, 2.75) is 64.8 Å². The van der Waals surface area contributed by atoms with Gasteiger partial charge in [0.15, 0.2) is 5.96 Å². The predicted octanol–water partition coefficient (Wildman–Crippen LogP) is 1.52. The Morgan fingerprint density at radius 3 is 2.41 bits per heavy atom. The highest BCUT2D eigenvalue weighted by Crippen LogP contribution is 2.12. The van der Waals surface area contributed by atoms with Gasteiger partial charge in [-0.05, 0) is 25.7 Å². The first-order chi connectivity index (χ1) is 10.4. The molecule has 0 radical (unpaired) electrons. The number of guanidine groups is 1. The lowest BCUT2D eigenvalue weighted by atomic mass is 10.1. The van der Waals surface area contributed by atoms with E-state index in [1.807, 2.05) is 6.92 Å². The number of carboxylic acid groups (broad SMARTS) is 1. The average Bonchev–Trinajstić information content (AvgIpc) is 2.45. The Balaban J connectivity index is 4.61. The van der Waals surface area contributed by atoms with Crippen molar-refractivity contribution in [3.05, 3.63) is 0 Å². The Morgan fingerprint density at radius 1 is 1.23 bits per heavy atom. The van der Waals surface area contributed by atoms with Crippen molar-refractivity contribution in [3.8, 4) is 0 Å². The molecule has 7 heteroatoms. The fraction of sp³-hybridized carbons (Fsp3) is 0.800. The Bertz CT molecular complexity index is 361. The molecule has 0 unspecified atom stereocenters. The van der Waals surface area contributed by atoms with E-state index in [0.717, 1.165) is 25.7 Å². The van der Waals surface area contributed by atoms with Gasteiger partial charge in [-0.1, -0.05) is 26.7 Å². The minimum Gasteiger partial charge on any atom is -0.480 e. The quantitative estimate of drug-likeness (QED) is 0.247. The number of nitrogens with zero attached hydrogens (tertiary/aromatic N) is 1. The lowest BCUT2D eigenvalue weighted by Crippen LogP contribution is -2.46. The minimum atomic E-state index is -0.972. The Hall–Kier alpha value is -1.79. The third-order valence-corrected chi connectivity index (χ3v) is 3.41. The van der Waals surface area contributed by atoms with Crippen molar-refractivity contribution in [1.29, 1.82) is 5.41 Å². The van der Waals surface area contributed by atoms with Crippen molar-refractivity contribution < 1.29 is 14.7 Å². The van der Waals surface area contributed by atoms with Crippen LogP contribution in [0.3, 0.4) is 0 Å². The summed E-state index contributed by atoms with van der Waals surface area (Å²) in [5.41, 5.74) is 5.18. The standard InChI is InChI=1S/C15H30N4O3/c1-3-5-6-9-13(20)19(11-4-2)12(14(21)22)8-7-10-18-15(16)17/h12H,3-11H2,1-2H3,(H,21,22)(H4,16,17,18)/t12-/m0/s1. The van der Waals surface area contributed by atoms with Crippen LogP contribution in [0.15, 0.2) is 0 Å². The van der Waals surface area contributed by atoms with E-state index in [1.165, 1.54) is 4.90 Å². The molecule has 128 valence electrons. The van der Waals surface area contributed by atoms with Crippen LogP contribution in [-0.4, -0.2) is 47.0 Å². The molecule has 1 amide bonds. The summed E-state index contributed by atoms with van der Waals surface area (Å²) in [7, 11) is 0. The van der Waals surface area contributed by atoms with Gasteiger partial charge in [-0.2, -0.15) is 0 Å². The normalized spacial score (nSPS) is 11.7. The number of amides is 1. The summed E-state index contributed by atoms with van der Waals surface area (Å²) in [6.07, 6.45) is 4.84. The van der Waals surface area contributed by atoms with Crippen molar-refractivity contribution in [2.75, 3.05) is 13.1 Å². The summed E-state index contributed by atoms with van der Waals surface area (Å²) in [4.78, 5) is 25.3. The number of nitrogens with one attached hydrogen (secondary N) is 2. The molecule has 1 atom stereocenters. The first-order valence-corrected chi connectivity index (χ1v) is 8.04. The SMILES string of the molecule is CCCCCC(=O)N(CCC)[C@@H](CCCNC(=N)N)C(=O)O. The van der Waals surface area contributed by atoms with Gasteiger partial charge in [0.25, 0.3) is 0 Å². The molecule has 0 saturated carbocycles. The zero-order valence-corrected chi connectivity index (χ0v) is 13.7. The summed E-state index contributed by atoms with van der Waals surface area (Å²) >= 11 is 0. The topological polar surface area (TPSA) is 120 Å². The second-order valence-electron chi connectivity index (χ2n) is 5.38. The average molecular weight is 314 g/mol. The minimum absolute atomic E-state index is 0.0813. The van der Waals surface area contributed by atoms with E-state index < -0.39 is 12.0 Å². The summed E-state index contributed by atoms with van der Waals surface area (Å²) in [5, 5.41) is 19.1. The van der Waals surface area contributed by atoms with Crippen LogP contribution in [0.1, 0.15) is 58.8 Å². The fourth-order valence-electron chi connectivity index (χ4n) is 2.30. The summed E-state index contributed by atoms with van der Waals surface area (Å²) in [6, 6.07) is -0.803. The number of nitrogens with two attached hydrogens (primary N) is 1. The lowest BCUT2D eigenvalue weighted by molar-refractivity contribution is -0.150. The van der Waals surface area contributed by atoms with Crippen LogP contribution in [0.5, 0.6) is 0 Å². The summed E-state index contributed by atoms with van der Waals surface area (Å²) in [6.45, 7) is 4.89. The van der Waals surface area contributed by atoms with Crippen LogP contribution in [0.4, 0.5) is 0 Å². The van der Waals surface area contributed by atoms with E-state index in [9.17, 15) is 14.7 Å². The fourth-order valence-corrected chi connectivity index (χ4v) is 2.30. The number of carbonyl (C=O) groups excluding carboxylic acids is 1. The molecule has 22 heavy (non-hydrogen) atoms. The largest absolute Gasteiger partial charge is 0.480 e. The molecule has 7 nitrogen and oxygen atoms in total. The molecule has 0 rings (SSSR count). The molecule has 0 bridgehead atoms. The van der Waals surface area contributed by atoms with E-state index in [-0.39, 0.29) is 11.9 Å². The van der Waals surface area contributed by atoms with Crippen LogP contribution in [0.2, 0.25) is 0 Å². The second-order valence-corrected chi connectivity index (χ2v) is 5.38.